The SMILES string of the molecule is CC(=O)OC(N=[N+]=[N-])c1ccccc1C(=O)O[Si](C)(C)C. The summed E-state index contributed by atoms with van der Waals surface area (Å²) < 4.78 is 10.4. The van der Waals surface area contributed by atoms with Crippen molar-refractivity contribution in [3.63, 3.8) is 0 Å². The third-order valence-corrected chi connectivity index (χ3v) is 3.08. The molecule has 1 atom stereocenters. The fourth-order valence-corrected chi connectivity index (χ4v) is 2.25. The van der Waals surface area contributed by atoms with Crippen LogP contribution in [0.25, 0.3) is 10.4 Å². The zero-order valence-corrected chi connectivity index (χ0v) is 13.4. The van der Waals surface area contributed by atoms with Crippen LogP contribution in [0.4, 0.5) is 0 Å². The number of esters is 1. The number of ether oxygens (including phenoxy) is 1. The molecule has 0 bridgehead atoms. The molecule has 0 fully saturated rings. The molecule has 112 valence electrons. The van der Waals surface area contributed by atoms with Crippen LogP contribution in [0.1, 0.15) is 29.1 Å². The fraction of sp³-hybridized carbons (Fsp3) is 0.385. The topological polar surface area (TPSA) is 101 Å². The Morgan fingerprint density at radius 2 is 1.90 bits per heavy atom. The molecule has 8 heteroatoms. The number of azide groups is 1. The number of carbonyl (C=O) groups is 2. The van der Waals surface area contributed by atoms with E-state index in [9.17, 15) is 9.59 Å². The zero-order chi connectivity index (χ0) is 16.0. The predicted molar refractivity (Wildman–Crippen MR) is 78.9 cm³/mol. The maximum Gasteiger partial charge on any atom is 0.325 e. The molecule has 1 aromatic rings. The molecule has 0 aromatic heterocycles. The highest BCUT2D eigenvalue weighted by molar-refractivity contribution is 6.71. The average Bonchev–Trinajstić information content (AvgIpc) is 2.35. The van der Waals surface area contributed by atoms with E-state index in [1.54, 1.807) is 24.3 Å². The van der Waals surface area contributed by atoms with Gasteiger partial charge in [0.2, 0.25) is 14.5 Å². The van der Waals surface area contributed by atoms with Gasteiger partial charge in [-0.1, -0.05) is 18.2 Å². The molecule has 0 heterocycles. The van der Waals surface area contributed by atoms with E-state index in [0.29, 0.717) is 5.56 Å². The van der Waals surface area contributed by atoms with Gasteiger partial charge in [-0.3, -0.25) is 4.79 Å². The average molecular weight is 307 g/mol. The van der Waals surface area contributed by atoms with Crippen LogP contribution < -0.4 is 0 Å². The molecule has 0 aliphatic carbocycles. The highest BCUT2D eigenvalue weighted by Crippen LogP contribution is 2.25. The van der Waals surface area contributed by atoms with Gasteiger partial charge in [0.05, 0.1) is 5.56 Å². The molecule has 1 unspecified atom stereocenters. The minimum absolute atomic E-state index is 0.221. The molecule has 0 saturated heterocycles. The Kier molecular flexibility index (Phi) is 5.51. The molecule has 0 aliphatic heterocycles. The van der Waals surface area contributed by atoms with Crippen molar-refractivity contribution in [2.45, 2.75) is 32.8 Å². The first-order valence-corrected chi connectivity index (χ1v) is 9.69. The summed E-state index contributed by atoms with van der Waals surface area (Å²) in [6.07, 6.45) is -1.20. The van der Waals surface area contributed by atoms with Gasteiger partial charge >= 0.3 is 11.9 Å². The molecule has 1 rings (SSSR count). The lowest BCUT2D eigenvalue weighted by Gasteiger charge is -2.20. The van der Waals surface area contributed by atoms with Crippen molar-refractivity contribution in [3.8, 4) is 0 Å². The standard InChI is InChI=1S/C13H17N3O4Si/c1-9(17)19-12(15-16-14)10-7-5-6-8-11(10)13(18)20-21(2,3)4/h5-8,12H,1-4H3. The number of nitrogens with zero attached hydrogens (tertiary/aromatic N) is 3. The van der Waals surface area contributed by atoms with Crippen molar-refractivity contribution in [1.82, 2.24) is 0 Å². The maximum atomic E-state index is 12.2. The van der Waals surface area contributed by atoms with Crippen molar-refractivity contribution >= 4 is 20.3 Å². The quantitative estimate of drug-likeness (QED) is 0.273. The van der Waals surface area contributed by atoms with Gasteiger partial charge in [-0.25, -0.2) is 4.79 Å². The first-order valence-electron chi connectivity index (χ1n) is 6.28. The minimum Gasteiger partial charge on any atom is -0.516 e. The molecular weight excluding hydrogens is 290 g/mol. The van der Waals surface area contributed by atoms with Gasteiger partial charge in [0.15, 0.2) is 0 Å². The number of hydrogen-bond donors (Lipinski definition) is 0. The van der Waals surface area contributed by atoms with E-state index in [4.69, 9.17) is 14.7 Å². The highest BCUT2D eigenvalue weighted by Gasteiger charge is 2.25. The van der Waals surface area contributed by atoms with Crippen molar-refractivity contribution in [3.05, 3.63) is 45.8 Å². The summed E-state index contributed by atoms with van der Waals surface area (Å²) in [5.41, 5.74) is 9.11. The number of hydrogen-bond acceptors (Lipinski definition) is 5. The van der Waals surface area contributed by atoms with Gasteiger partial charge in [0.25, 0.3) is 0 Å². The largest absolute Gasteiger partial charge is 0.516 e. The van der Waals surface area contributed by atoms with Crippen LogP contribution in [-0.4, -0.2) is 20.3 Å². The van der Waals surface area contributed by atoms with Crippen molar-refractivity contribution < 1.29 is 18.8 Å². The van der Waals surface area contributed by atoms with Crippen molar-refractivity contribution in [2.24, 2.45) is 5.11 Å². The minimum atomic E-state index is -2.07. The van der Waals surface area contributed by atoms with Gasteiger partial charge in [-0.2, -0.15) is 0 Å². The van der Waals surface area contributed by atoms with Gasteiger partial charge in [-0.15, -0.1) is 0 Å². The molecule has 0 aliphatic rings. The summed E-state index contributed by atoms with van der Waals surface area (Å²) in [6.45, 7) is 6.84. The van der Waals surface area contributed by atoms with Crippen LogP contribution in [0.15, 0.2) is 29.4 Å². The lowest BCUT2D eigenvalue weighted by molar-refractivity contribution is -0.146. The Morgan fingerprint density at radius 1 is 1.29 bits per heavy atom. The summed E-state index contributed by atoms with van der Waals surface area (Å²) in [5, 5.41) is 3.42. The summed E-state index contributed by atoms with van der Waals surface area (Å²) in [6, 6.07) is 6.42. The van der Waals surface area contributed by atoms with Crippen LogP contribution in [0.3, 0.4) is 0 Å². The highest BCUT2D eigenvalue weighted by atomic mass is 28.4. The molecule has 7 nitrogen and oxygen atoms in total. The van der Waals surface area contributed by atoms with E-state index < -0.39 is 26.5 Å². The fourth-order valence-electron chi connectivity index (χ4n) is 1.58. The second kappa shape index (κ2) is 6.92. The van der Waals surface area contributed by atoms with Gasteiger partial charge in [0.1, 0.15) is 0 Å². The predicted octanol–water partition coefficient (Wildman–Crippen LogP) is 3.55. The van der Waals surface area contributed by atoms with Crippen LogP contribution in [0.2, 0.25) is 19.6 Å². The third kappa shape index (κ3) is 5.29. The first kappa shape index (κ1) is 16.7. The maximum absolute atomic E-state index is 12.2. The number of carbonyl (C=O) groups excluding carboxylic acids is 2. The van der Waals surface area contributed by atoms with Gasteiger partial charge in [0, 0.05) is 17.4 Å². The Hall–Kier alpha value is -2.31. The number of benzene rings is 1. The van der Waals surface area contributed by atoms with E-state index in [-0.39, 0.29) is 5.56 Å². The number of rotatable bonds is 5. The molecular formula is C13H17N3O4Si. The normalized spacial score (nSPS) is 12.0. The summed E-state index contributed by atoms with van der Waals surface area (Å²) in [5.74, 6) is -1.13. The van der Waals surface area contributed by atoms with E-state index in [2.05, 4.69) is 10.0 Å². The molecule has 1 aromatic carbocycles. The molecule has 0 spiro atoms. The molecule has 21 heavy (non-hydrogen) atoms. The van der Waals surface area contributed by atoms with Crippen LogP contribution in [0.5, 0.6) is 0 Å². The van der Waals surface area contributed by atoms with E-state index >= 15 is 0 Å². The molecule has 0 amide bonds. The van der Waals surface area contributed by atoms with Gasteiger partial charge in [-0.05, 0) is 36.4 Å². The monoisotopic (exact) mass is 307 g/mol. The van der Waals surface area contributed by atoms with Crippen LogP contribution in [0, 0.1) is 0 Å². The molecule has 0 radical (unpaired) electrons. The van der Waals surface area contributed by atoms with E-state index in [1.807, 2.05) is 19.6 Å². The first-order chi connectivity index (χ1) is 9.74. The van der Waals surface area contributed by atoms with E-state index in [1.165, 1.54) is 6.92 Å². The second-order valence-electron chi connectivity index (χ2n) is 5.26. The zero-order valence-electron chi connectivity index (χ0n) is 12.4. The second-order valence-corrected chi connectivity index (χ2v) is 9.68. The van der Waals surface area contributed by atoms with Crippen LogP contribution in [-0.2, 0) is 14.0 Å². The molecule has 0 N–H and O–H groups in total. The molecule has 0 saturated carbocycles. The Bertz CT molecular complexity index is 591. The smallest absolute Gasteiger partial charge is 0.325 e. The Balaban J connectivity index is 3.20. The van der Waals surface area contributed by atoms with Crippen LogP contribution >= 0.6 is 0 Å². The van der Waals surface area contributed by atoms with Gasteiger partial charge < -0.3 is 9.16 Å². The Labute approximate surface area is 123 Å². The lowest BCUT2D eigenvalue weighted by atomic mass is 10.1. The summed E-state index contributed by atoms with van der Waals surface area (Å²) in [7, 11) is -2.07. The summed E-state index contributed by atoms with van der Waals surface area (Å²) in [4.78, 5) is 26.0. The summed E-state index contributed by atoms with van der Waals surface area (Å²) >= 11 is 0. The van der Waals surface area contributed by atoms with E-state index in [0.717, 1.165) is 0 Å². The van der Waals surface area contributed by atoms with Crippen molar-refractivity contribution in [1.29, 1.82) is 0 Å². The lowest BCUT2D eigenvalue weighted by Crippen LogP contribution is -2.29. The third-order valence-electron chi connectivity index (χ3n) is 2.28. The Morgan fingerprint density at radius 3 is 2.43 bits per heavy atom. The van der Waals surface area contributed by atoms with Crippen molar-refractivity contribution in [2.75, 3.05) is 0 Å².